The molecule has 1 N–H and O–H groups in total. The molecule has 6 nitrogen and oxygen atoms in total. The molecule has 0 bridgehead atoms. The quantitative estimate of drug-likeness (QED) is 0.587. The standard InChI is InChI=1S/C19H21ClN2O4/c1-12(2)14-6-8-15(9-7-14)25-11-17(23)26-13(3)19(24)22-16-5-4-10-21-18(16)20/h4-10,12-13H,11H2,1-3H3,(H,22,24)/t13-/m1/s1. The van der Waals surface area contributed by atoms with E-state index in [1.54, 1.807) is 24.3 Å². The maximum Gasteiger partial charge on any atom is 0.344 e. The monoisotopic (exact) mass is 376 g/mol. The molecule has 0 saturated heterocycles. The number of nitrogens with zero attached hydrogens (tertiary/aromatic N) is 1. The molecule has 2 aromatic rings. The first-order chi connectivity index (χ1) is 12.4. The average molecular weight is 377 g/mol. The minimum atomic E-state index is -0.995. The number of hydrogen-bond donors (Lipinski definition) is 1. The Bertz CT molecular complexity index is 762. The van der Waals surface area contributed by atoms with Crippen LogP contribution in [0.2, 0.25) is 5.15 Å². The lowest BCUT2D eigenvalue weighted by atomic mass is 10.0. The topological polar surface area (TPSA) is 77.5 Å². The van der Waals surface area contributed by atoms with Crippen molar-refractivity contribution >= 4 is 29.2 Å². The molecule has 0 aliphatic rings. The molecular weight excluding hydrogens is 356 g/mol. The summed E-state index contributed by atoms with van der Waals surface area (Å²) >= 11 is 5.87. The number of aromatic nitrogens is 1. The fraction of sp³-hybridized carbons (Fsp3) is 0.316. The highest BCUT2D eigenvalue weighted by Gasteiger charge is 2.19. The zero-order valence-electron chi connectivity index (χ0n) is 14.9. The number of benzene rings is 1. The van der Waals surface area contributed by atoms with Gasteiger partial charge in [0.05, 0.1) is 5.69 Å². The van der Waals surface area contributed by atoms with E-state index in [1.807, 2.05) is 12.1 Å². The lowest BCUT2D eigenvalue weighted by Crippen LogP contribution is -2.31. The van der Waals surface area contributed by atoms with Crippen LogP contribution < -0.4 is 10.1 Å². The van der Waals surface area contributed by atoms with Crippen LogP contribution >= 0.6 is 11.6 Å². The molecule has 0 aliphatic heterocycles. The Labute approximate surface area is 157 Å². The van der Waals surface area contributed by atoms with E-state index in [2.05, 4.69) is 24.1 Å². The van der Waals surface area contributed by atoms with Crippen LogP contribution in [0.5, 0.6) is 5.75 Å². The second-order valence-corrected chi connectivity index (χ2v) is 6.33. The molecule has 0 unspecified atom stereocenters. The Morgan fingerprint density at radius 3 is 2.46 bits per heavy atom. The van der Waals surface area contributed by atoms with Crippen molar-refractivity contribution in [2.24, 2.45) is 0 Å². The van der Waals surface area contributed by atoms with Crippen molar-refractivity contribution in [2.45, 2.75) is 32.8 Å². The van der Waals surface area contributed by atoms with E-state index in [0.29, 0.717) is 17.4 Å². The Kier molecular flexibility index (Phi) is 6.97. The second kappa shape index (κ2) is 9.20. The van der Waals surface area contributed by atoms with E-state index < -0.39 is 18.0 Å². The molecule has 1 aromatic heterocycles. The first kappa shape index (κ1) is 19.7. The fourth-order valence-electron chi connectivity index (χ4n) is 2.09. The molecule has 7 heteroatoms. The predicted octanol–water partition coefficient (Wildman–Crippen LogP) is 3.81. The second-order valence-electron chi connectivity index (χ2n) is 5.98. The lowest BCUT2D eigenvalue weighted by Gasteiger charge is -2.14. The van der Waals surface area contributed by atoms with Crippen molar-refractivity contribution in [1.82, 2.24) is 4.98 Å². The summed E-state index contributed by atoms with van der Waals surface area (Å²) < 4.78 is 10.5. The van der Waals surface area contributed by atoms with Gasteiger partial charge in [-0.15, -0.1) is 0 Å². The van der Waals surface area contributed by atoms with E-state index in [4.69, 9.17) is 21.1 Å². The van der Waals surface area contributed by atoms with Crippen LogP contribution in [0.4, 0.5) is 5.69 Å². The Morgan fingerprint density at radius 2 is 1.85 bits per heavy atom. The van der Waals surface area contributed by atoms with E-state index >= 15 is 0 Å². The van der Waals surface area contributed by atoms with Crippen LogP contribution in [0.1, 0.15) is 32.3 Å². The van der Waals surface area contributed by atoms with Gasteiger partial charge in [0.1, 0.15) is 5.75 Å². The number of carbonyl (C=O) groups excluding carboxylic acids is 2. The number of halogens is 1. The van der Waals surface area contributed by atoms with Crippen molar-refractivity contribution in [3.63, 3.8) is 0 Å². The lowest BCUT2D eigenvalue weighted by molar-refractivity contribution is -0.155. The number of carbonyl (C=O) groups is 2. The summed E-state index contributed by atoms with van der Waals surface area (Å²) in [5.74, 6) is -0.167. The summed E-state index contributed by atoms with van der Waals surface area (Å²) in [7, 11) is 0. The number of pyridine rings is 1. The molecule has 1 aromatic carbocycles. The first-order valence-electron chi connectivity index (χ1n) is 8.20. The average Bonchev–Trinajstić information content (AvgIpc) is 2.62. The third kappa shape index (κ3) is 5.74. The van der Waals surface area contributed by atoms with Gasteiger partial charge in [0.15, 0.2) is 17.9 Å². The Hall–Kier alpha value is -2.60. The van der Waals surface area contributed by atoms with Gasteiger partial charge in [-0.05, 0) is 42.7 Å². The molecule has 0 aliphatic carbocycles. The summed E-state index contributed by atoms with van der Waals surface area (Å²) in [4.78, 5) is 27.8. The van der Waals surface area contributed by atoms with Crippen molar-refractivity contribution in [3.8, 4) is 5.75 Å². The van der Waals surface area contributed by atoms with E-state index in [1.165, 1.54) is 18.7 Å². The predicted molar refractivity (Wildman–Crippen MR) is 99.5 cm³/mol. The number of esters is 1. The first-order valence-corrected chi connectivity index (χ1v) is 8.58. The maximum atomic E-state index is 12.1. The third-order valence-corrected chi connectivity index (χ3v) is 3.90. The van der Waals surface area contributed by atoms with Crippen LogP contribution in [0, 0.1) is 0 Å². The molecule has 1 heterocycles. The summed E-state index contributed by atoms with van der Waals surface area (Å²) in [6.07, 6.45) is 0.512. The fourth-order valence-corrected chi connectivity index (χ4v) is 2.26. The highest BCUT2D eigenvalue weighted by Crippen LogP contribution is 2.19. The van der Waals surface area contributed by atoms with Crippen LogP contribution in [-0.4, -0.2) is 29.6 Å². The summed E-state index contributed by atoms with van der Waals surface area (Å²) in [6.45, 7) is 5.37. The van der Waals surface area contributed by atoms with E-state index in [9.17, 15) is 9.59 Å². The largest absolute Gasteiger partial charge is 0.482 e. The van der Waals surface area contributed by atoms with Crippen molar-refractivity contribution in [3.05, 3.63) is 53.3 Å². The normalized spacial score (nSPS) is 11.7. The molecule has 26 heavy (non-hydrogen) atoms. The van der Waals surface area contributed by atoms with Crippen LogP contribution in [0.3, 0.4) is 0 Å². The minimum absolute atomic E-state index is 0.160. The summed E-state index contributed by atoms with van der Waals surface area (Å²) in [6, 6.07) is 10.7. The summed E-state index contributed by atoms with van der Waals surface area (Å²) in [5, 5.41) is 2.71. The highest BCUT2D eigenvalue weighted by molar-refractivity contribution is 6.32. The minimum Gasteiger partial charge on any atom is -0.482 e. The van der Waals surface area contributed by atoms with Gasteiger partial charge in [0, 0.05) is 6.20 Å². The molecule has 0 saturated carbocycles. The van der Waals surface area contributed by atoms with E-state index in [0.717, 1.165) is 0 Å². The zero-order chi connectivity index (χ0) is 19.1. The molecule has 1 amide bonds. The molecule has 0 fully saturated rings. The van der Waals surface area contributed by atoms with Crippen LogP contribution in [0.25, 0.3) is 0 Å². The van der Waals surface area contributed by atoms with Crippen molar-refractivity contribution < 1.29 is 19.1 Å². The molecule has 138 valence electrons. The van der Waals surface area contributed by atoms with E-state index in [-0.39, 0.29) is 11.8 Å². The number of amides is 1. The van der Waals surface area contributed by atoms with Gasteiger partial charge in [-0.2, -0.15) is 0 Å². The number of rotatable bonds is 7. The Morgan fingerprint density at radius 1 is 1.15 bits per heavy atom. The van der Waals surface area contributed by atoms with Gasteiger partial charge >= 0.3 is 5.97 Å². The van der Waals surface area contributed by atoms with Gasteiger partial charge < -0.3 is 14.8 Å². The smallest absolute Gasteiger partial charge is 0.344 e. The van der Waals surface area contributed by atoms with Gasteiger partial charge in [0.2, 0.25) is 0 Å². The Balaban J connectivity index is 1.81. The molecule has 0 spiro atoms. The highest BCUT2D eigenvalue weighted by atomic mass is 35.5. The van der Waals surface area contributed by atoms with Gasteiger partial charge in [-0.1, -0.05) is 37.6 Å². The SMILES string of the molecule is CC(C)c1ccc(OCC(=O)O[C@H](C)C(=O)Nc2cccnc2Cl)cc1. The number of ether oxygens (including phenoxy) is 2. The number of hydrogen-bond acceptors (Lipinski definition) is 5. The maximum absolute atomic E-state index is 12.1. The number of nitrogens with one attached hydrogen (secondary N) is 1. The van der Waals surface area contributed by atoms with Crippen molar-refractivity contribution in [2.75, 3.05) is 11.9 Å². The van der Waals surface area contributed by atoms with Crippen molar-refractivity contribution in [1.29, 1.82) is 0 Å². The zero-order valence-corrected chi connectivity index (χ0v) is 15.6. The number of anilines is 1. The molecule has 2 rings (SSSR count). The summed E-state index contributed by atoms with van der Waals surface area (Å²) in [5.41, 5.74) is 1.53. The molecule has 0 radical (unpaired) electrons. The van der Waals surface area contributed by atoms with Gasteiger partial charge in [0.25, 0.3) is 5.91 Å². The molecular formula is C19H21ClN2O4. The van der Waals surface area contributed by atoms with Crippen LogP contribution in [-0.2, 0) is 14.3 Å². The van der Waals surface area contributed by atoms with Gasteiger partial charge in [-0.3, -0.25) is 4.79 Å². The molecule has 1 atom stereocenters. The van der Waals surface area contributed by atoms with Crippen LogP contribution in [0.15, 0.2) is 42.6 Å². The third-order valence-electron chi connectivity index (χ3n) is 3.60. The van der Waals surface area contributed by atoms with Gasteiger partial charge in [-0.25, -0.2) is 9.78 Å².